The van der Waals surface area contributed by atoms with E-state index in [0.29, 0.717) is 22.1 Å². The van der Waals surface area contributed by atoms with E-state index in [-0.39, 0.29) is 11.1 Å². The fraction of sp³-hybridized carbons (Fsp3) is 0.158. The Balaban J connectivity index is 1.96. The zero-order valence-corrected chi connectivity index (χ0v) is 13.8. The van der Waals surface area contributed by atoms with E-state index in [0.717, 1.165) is 0 Å². The van der Waals surface area contributed by atoms with E-state index >= 15 is 0 Å². The number of aromatic nitrogens is 1. The normalized spacial score (nSPS) is 12.0. The summed E-state index contributed by atoms with van der Waals surface area (Å²) in [5, 5.41) is 3.72. The quantitative estimate of drug-likeness (QED) is 0.766. The Labute approximate surface area is 143 Å². The Morgan fingerprint density at radius 2 is 1.88 bits per heavy atom. The molecule has 0 radical (unpaired) electrons. The van der Waals surface area contributed by atoms with Crippen LogP contribution in [0.4, 0.5) is 4.39 Å². The second kappa shape index (κ2) is 6.76. The zero-order chi connectivity index (χ0) is 18.0. The number of rotatable bonds is 4. The first kappa shape index (κ1) is 16.7. The number of benzene rings is 2. The second-order valence-corrected chi connectivity index (χ2v) is 5.63. The number of halogens is 1. The van der Waals surface area contributed by atoms with Crippen LogP contribution in [0.5, 0.6) is 5.75 Å². The Hall–Kier alpha value is -3.15. The zero-order valence-electron chi connectivity index (χ0n) is 13.8. The monoisotopic (exact) mass is 340 g/mol. The lowest BCUT2D eigenvalue weighted by Gasteiger charge is -2.18. The molecule has 1 amide bonds. The number of methoxy groups -OCH3 is 1. The molecule has 0 unspecified atom stereocenters. The molecule has 0 aliphatic rings. The molecule has 0 spiro atoms. The molecule has 0 saturated heterocycles. The van der Waals surface area contributed by atoms with Crippen molar-refractivity contribution in [3.8, 4) is 5.75 Å². The Kier molecular flexibility index (Phi) is 4.52. The van der Waals surface area contributed by atoms with Gasteiger partial charge in [-0.3, -0.25) is 9.59 Å². The van der Waals surface area contributed by atoms with Gasteiger partial charge in [0.2, 0.25) is 0 Å². The second-order valence-electron chi connectivity index (χ2n) is 5.63. The summed E-state index contributed by atoms with van der Waals surface area (Å²) in [4.78, 5) is 27.1. The van der Waals surface area contributed by atoms with Crippen molar-refractivity contribution >= 4 is 16.7 Å². The number of ether oxygens (including phenoxy) is 1. The van der Waals surface area contributed by atoms with Gasteiger partial charge in [-0.15, -0.1) is 0 Å². The average Bonchev–Trinajstić information content (AvgIpc) is 2.61. The van der Waals surface area contributed by atoms with Gasteiger partial charge in [-0.2, -0.15) is 0 Å². The number of fused-ring (bicyclic) bond motifs is 1. The first-order valence-corrected chi connectivity index (χ1v) is 7.76. The van der Waals surface area contributed by atoms with Crippen LogP contribution in [0.15, 0.2) is 53.5 Å². The number of aromatic amines is 1. The predicted octanol–water partition coefficient (Wildman–Crippen LogP) is 3.17. The minimum absolute atomic E-state index is 0.268. The molecule has 25 heavy (non-hydrogen) atoms. The number of carbonyl (C=O) groups excluding carboxylic acids is 1. The third-order valence-corrected chi connectivity index (χ3v) is 4.07. The molecule has 0 fully saturated rings. The van der Waals surface area contributed by atoms with Gasteiger partial charge in [0.05, 0.1) is 24.3 Å². The summed E-state index contributed by atoms with van der Waals surface area (Å²) in [6.45, 7) is 1.67. The van der Waals surface area contributed by atoms with Crippen molar-refractivity contribution in [2.45, 2.75) is 13.0 Å². The van der Waals surface area contributed by atoms with Crippen LogP contribution in [0, 0.1) is 5.82 Å². The molecule has 6 heteroatoms. The number of pyridine rings is 1. The Morgan fingerprint density at radius 1 is 1.16 bits per heavy atom. The highest BCUT2D eigenvalue weighted by Gasteiger charge is 2.20. The molecule has 0 saturated carbocycles. The highest BCUT2D eigenvalue weighted by molar-refractivity contribution is 6.06. The third kappa shape index (κ3) is 3.10. The molecular formula is C19H17FN2O3. The standard InChI is InChI=1S/C19H17FN2O3/c1-11(17-15(20)8-5-9-16(17)25-2)22-19(24)14-10-21-18(23)13-7-4-3-6-12(13)14/h3-11H,1-2H3,(H,21,23)(H,22,24)/t11-/m0/s1. The molecule has 128 valence electrons. The molecule has 1 heterocycles. The number of hydrogen-bond acceptors (Lipinski definition) is 3. The van der Waals surface area contributed by atoms with Crippen molar-refractivity contribution in [2.24, 2.45) is 0 Å². The highest BCUT2D eigenvalue weighted by atomic mass is 19.1. The number of carbonyl (C=O) groups is 1. The first-order chi connectivity index (χ1) is 12.0. The van der Waals surface area contributed by atoms with Gasteiger partial charge < -0.3 is 15.0 Å². The van der Waals surface area contributed by atoms with E-state index in [9.17, 15) is 14.0 Å². The maximum absolute atomic E-state index is 14.2. The molecule has 2 N–H and O–H groups in total. The van der Waals surface area contributed by atoms with Crippen molar-refractivity contribution in [2.75, 3.05) is 7.11 Å². The molecule has 0 bridgehead atoms. The van der Waals surface area contributed by atoms with Crippen LogP contribution in [-0.4, -0.2) is 18.0 Å². The average molecular weight is 340 g/mol. The van der Waals surface area contributed by atoms with Gasteiger partial charge in [-0.1, -0.05) is 24.3 Å². The van der Waals surface area contributed by atoms with Gasteiger partial charge in [-0.25, -0.2) is 4.39 Å². The predicted molar refractivity (Wildman–Crippen MR) is 93.4 cm³/mol. The van der Waals surface area contributed by atoms with E-state index in [2.05, 4.69) is 10.3 Å². The smallest absolute Gasteiger partial charge is 0.255 e. The summed E-state index contributed by atoms with van der Waals surface area (Å²) >= 11 is 0. The molecule has 3 rings (SSSR count). The van der Waals surface area contributed by atoms with Crippen molar-refractivity contribution in [3.05, 3.63) is 76.0 Å². The van der Waals surface area contributed by atoms with Crippen molar-refractivity contribution < 1.29 is 13.9 Å². The van der Waals surface area contributed by atoms with E-state index < -0.39 is 17.8 Å². The van der Waals surface area contributed by atoms with E-state index in [1.54, 1.807) is 43.3 Å². The van der Waals surface area contributed by atoms with Gasteiger partial charge in [0.1, 0.15) is 11.6 Å². The summed E-state index contributed by atoms with van der Waals surface area (Å²) in [7, 11) is 1.45. The number of nitrogens with one attached hydrogen (secondary N) is 2. The van der Waals surface area contributed by atoms with Crippen LogP contribution in [0.3, 0.4) is 0 Å². The van der Waals surface area contributed by atoms with E-state index in [1.807, 2.05) is 0 Å². The van der Waals surface area contributed by atoms with Gasteiger partial charge in [0.25, 0.3) is 11.5 Å². The number of hydrogen-bond donors (Lipinski definition) is 2. The molecule has 2 aromatic carbocycles. The van der Waals surface area contributed by atoms with Crippen LogP contribution in [-0.2, 0) is 0 Å². The summed E-state index contributed by atoms with van der Waals surface area (Å²) in [6, 6.07) is 10.7. The maximum Gasteiger partial charge on any atom is 0.255 e. The van der Waals surface area contributed by atoms with Crippen LogP contribution in [0.1, 0.15) is 28.9 Å². The molecular weight excluding hydrogens is 323 g/mol. The molecule has 1 atom stereocenters. The van der Waals surface area contributed by atoms with Crippen molar-refractivity contribution in [3.63, 3.8) is 0 Å². The Morgan fingerprint density at radius 3 is 2.60 bits per heavy atom. The van der Waals surface area contributed by atoms with Crippen molar-refractivity contribution in [1.29, 1.82) is 0 Å². The van der Waals surface area contributed by atoms with Gasteiger partial charge in [0, 0.05) is 17.0 Å². The topological polar surface area (TPSA) is 71.2 Å². The maximum atomic E-state index is 14.2. The number of H-pyrrole nitrogens is 1. The molecule has 5 nitrogen and oxygen atoms in total. The van der Waals surface area contributed by atoms with Crippen LogP contribution in [0.25, 0.3) is 10.8 Å². The minimum atomic E-state index is -0.616. The lowest BCUT2D eigenvalue weighted by Crippen LogP contribution is -2.28. The minimum Gasteiger partial charge on any atom is -0.496 e. The van der Waals surface area contributed by atoms with Gasteiger partial charge >= 0.3 is 0 Å². The van der Waals surface area contributed by atoms with Gasteiger partial charge in [0.15, 0.2) is 0 Å². The van der Waals surface area contributed by atoms with Crippen LogP contribution < -0.4 is 15.6 Å². The third-order valence-electron chi connectivity index (χ3n) is 4.07. The van der Waals surface area contributed by atoms with E-state index in [4.69, 9.17) is 4.74 Å². The molecule has 3 aromatic rings. The first-order valence-electron chi connectivity index (χ1n) is 7.76. The van der Waals surface area contributed by atoms with Crippen LogP contribution >= 0.6 is 0 Å². The van der Waals surface area contributed by atoms with E-state index in [1.165, 1.54) is 19.4 Å². The Bertz CT molecular complexity index is 997. The lowest BCUT2D eigenvalue weighted by molar-refractivity contribution is 0.0940. The van der Waals surface area contributed by atoms with Crippen molar-refractivity contribution in [1.82, 2.24) is 10.3 Å². The number of amides is 1. The summed E-state index contributed by atoms with van der Waals surface area (Å²) in [6.07, 6.45) is 1.37. The van der Waals surface area contributed by atoms with Crippen LogP contribution in [0.2, 0.25) is 0 Å². The lowest BCUT2D eigenvalue weighted by atomic mass is 10.0. The summed E-state index contributed by atoms with van der Waals surface area (Å²) in [5.41, 5.74) is 0.320. The molecule has 1 aromatic heterocycles. The fourth-order valence-electron chi connectivity index (χ4n) is 2.86. The molecule has 0 aliphatic heterocycles. The summed E-state index contributed by atoms with van der Waals surface area (Å²) < 4.78 is 19.3. The largest absolute Gasteiger partial charge is 0.496 e. The van der Waals surface area contributed by atoms with Gasteiger partial charge in [-0.05, 0) is 25.1 Å². The summed E-state index contributed by atoms with van der Waals surface area (Å²) in [5.74, 6) is -0.511. The molecule has 0 aliphatic carbocycles. The SMILES string of the molecule is COc1cccc(F)c1[C@H](C)NC(=O)c1c[nH]c(=O)c2ccccc12. The fourth-order valence-corrected chi connectivity index (χ4v) is 2.86. The highest BCUT2D eigenvalue weighted by Crippen LogP contribution is 2.28.